The van der Waals surface area contributed by atoms with Crippen molar-refractivity contribution in [1.29, 1.82) is 0 Å². The minimum Gasteiger partial charge on any atom is -0.366 e. The lowest BCUT2D eigenvalue weighted by atomic mass is 10.2. The van der Waals surface area contributed by atoms with Crippen molar-refractivity contribution >= 4 is 11.5 Å². The maximum atomic E-state index is 13.7. The largest absolute Gasteiger partial charge is 0.366 e. The Bertz CT molecular complexity index is 581. The standard InChI is InChI=1S/C15H15F2N3/c16-12-4-5-14(13(17)11-12)19-7-9-20(10-8-19)15-3-1-2-6-18-15/h1-6,11H,7-10H2. The van der Waals surface area contributed by atoms with E-state index in [2.05, 4.69) is 9.88 Å². The van der Waals surface area contributed by atoms with Gasteiger partial charge in [-0.15, -0.1) is 0 Å². The molecule has 1 aliphatic heterocycles. The van der Waals surface area contributed by atoms with Crippen molar-refractivity contribution in [2.24, 2.45) is 0 Å². The molecule has 1 aliphatic rings. The van der Waals surface area contributed by atoms with Crippen LogP contribution in [0.15, 0.2) is 42.6 Å². The first-order chi connectivity index (χ1) is 9.74. The predicted molar refractivity (Wildman–Crippen MR) is 75.0 cm³/mol. The van der Waals surface area contributed by atoms with Gasteiger partial charge in [-0.3, -0.25) is 0 Å². The Morgan fingerprint density at radius 2 is 1.65 bits per heavy atom. The van der Waals surface area contributed by atoms with Crippen LogP contribution in [0, 0.1) is 11.6 Å². The molecule has 2 heterocycles. The van der Waals surface area contributed by atoms with Crippen LogP contribution in [0.1, 0.15) is 0 Å². The van der Waals surface area contributed by atoms with Crippen molar-refractivity contribution < 1.29 is 8.78 Å². The number of benzene rings is 1. The summed E-state index contributed by atoms with van der Waals surface area (Å²) in [5, 5.41) is 0. The average molecular weight is 275 g/mol. The van der Waals surface area contributed by atoms with Gasteiger partial charge in [-0.05, 0) is 24.3 Å². The molecular weight excluding hydrogens is 260 g/mol. The number of halogens is 2. The molecule has 2 aromatic rings. The lowest BCUT2D eigenvalue weighted by molar-refractivity contribution is 0.570. The van der Waals surface area contributed by atoms with Gasteiger partial charge in [0.05, 0.1) is 5.69 Å². The van der Waals surface area contributed by atoms with Crippen LogP contribution in [0.4, 0.5) is 20.3 Å². The molecule has 1 aromatic carbocycles. The SMILES string of the molecule is Fc1ccc(N2CCN(c3ccccn3)CC2)c(F)c1. The van der Waals surface area contributed by atoms with E-state index >= 15 is 0 Å². The maximum Gasteiger partial charge on any atom is 0.149 e. The van der Waals surface area contributed by atoms with Crippen molar-refractivity contribution in [1.82, 2.24) is 4.98 Å². The molecule has 0 N–H and O–H groups in total. The second-order valence-electron chi connectivity index (χ2n) is 4.76. The van der Waals surface area contributed by atoms with Gasteiger partial charge in [0.25, 0.3) is 0 Å². The number of piperazine rings is 1. The molecular formula is C15H15F2N3. The van der Waals surface area contributed by atoms with Crippen LogP contribution in [0.3, 0.4) is 0 Å². The minimum absolute atomic E-state index is 0.465. The Morgan fingerprint density at radius 3 is 2.30 bits per heavy atom. The third-order valence-corrected chi connectivity index (χ3v) is 3.50. The van der Waals surface area contributed by atoms with Gasteiger partial charge in [-0.2, -0.15) is 0 Å². The van der Waals surface area contributed by atoms with Crippen LogP contribution in [0.25, 0.3) is 0 Å². The van der Waals surface area contributed by atoms with Crippen LogP contribution < -0.4 is 9.80 Å². The highest BCUT2D eigenvalue weighted by Crippen LogP contribution is 2.22. The molecule has 3 rings (SSSR count). The highest BCUT2D eigenvalue weighted by atomic mass is 19.1. The summed E-state index contributed by atoms with van der Waals surface area (Å²) in [5.74, 6) is -0.110. The van der Waals surface area contributed by atoms with Gasteiger partial charge in [0.1, 0.15) is 17.5 Å². The molecule has 0 unspecified atom stereocenters. The topological polar surface area (TPSA) is 19.4 Å². The second kappa shape index (κ2) is 5.45. The number of rotatable bonds is 2. The fraction of sp³-hybridized carbons (Fsp3) is 0.267. The summed E-state index contributed by atoms with van der Waals surface area (Å²) in [6, 6.07) is 9.53. The number of hydrogen-bond acceptors (Lipinski definition) is 3. The zero-order valence-electron chi connectivity index (χ0n) is 11.0. The summed E-state index contributed by atoms with van der Waals surface area (Å²) in [6.45, 7) is 2.93. The van der Waals surface area contributed by atoms with E-state index < -0.39 is 11.6 Å². The van der Waals surface area contributed by atoms with E-state index in [1.807, 2.05) is 23.1 Å². The molecule has 0 bridgehead atoms. The first kappa shape index (κ1) is 12.8. The van der Waals surface area contributed by atoms with Gasteiger partial charge in [-0.25, -0.2) is 13.8 Å². The summed E-state index contributed by atoms with van der Waals surface area (Å²) < 4.78 is 26.7. The van der Waals surface area contributed by atoms with E-state index in [1.165, 1.54) is 12.1 Å². The van der Waals surface area contributed by atoms with E-state index in [0.717, 1.165) is 25.0 Å². The number of nitrogens with zero attached hydrogens (tertiary/aromatic N) is 3. The molecule has 5 heteroatoms. The molecule has 20 heavy (non-hydrogen) atoms. The zero-order chi connectivity index (χ0) is 13.9. The van der Waals surface area contributed by atoms with Crippen molar-refractivity contribution in [3.8, 4) is 0 Å². The van der Waals surface area contributed by atoms with E-state index in [0.29, 0.717) is 18.8 Å². The second-order valence-corrected chi connectivity index (χ2v) is 4.76. The van der Waals surface area contributed by atoms with Gasteiger partial charge in [-0.1, -0.05) is 6.07 Å². The third kappa shape index (κ3) is 2.57. The van der Waals surface area contributed by atoms with Gasteiger partial charge >= 0.3 is 0 Å². The van der Waals surface area contributed by atoms with Crippen molar-refractivity contribution in [3.63, 3.8) is 0 Å². The molecule has 0 atom stereocenters. The summed E-state index contributed by atoms with van der Waals surface area (Å²) >= 11 is 0. The fourth-order valence-electron chi connectivity index (χ4n) is 2.45. The van der Waals surface area contributed by atoms with E-state index in [-0.39, 0.29) is 0 Å². The Kier molecular flexibility index (Phi) is 3.50. The quantitative estimate of drug-likeness (QED) is 0.840. The Labute approximate surface area is 116 Å². The molecule has 1 aromatic heterocycles. The molecule has 0 aliphatic carbocycles. The normalized spacial score (nSPS) is 15.5. The number of aromatic nitrogens is 1. The van der Waals surface area contributed by atoms with E-state index in [9.17, 15) is 8.78 Å². The predicted octanol–water partition coefficient (Wildman–Crippen LogP) is 2.69. The van der Waals surface area contributed by atoms with Crippen LogP contribution in [0.2, 0.25) is 0 Å². The summed E-state index contributed by atoms with van der Waals surface area (Å²) in [6.07, 6.45) is 1.77. The van der Waals surface area contributed by atoms with Crippen LogP contribution in [-0.4, -0.2) is 31.2 Å². The molecule has 1 fully saturated rings. The van der Waals surface area contributed by atoms with E-state index in [4.69, 9.17) is 0 Å². The molecule has 0 saturated carbocycles. The summed E-state index contributed by atoms with van der Waals surface area (Å²) in [7, 11) is 0. The molecule has 104 valence electrons. The lowest BCUT2D eigenvalue weighted by Crippen LogP contribution is -2.47. The van der Waals surface area contributed by atoms with Crippen molar-refractivity contribution in [3.05, 3.63) is 54.2 Å². The monoisotopic (exact) mass is 275 g/mol. The minimum atomic E-state index is -0.543. The Hall–Kier alpha value is -2.17. The number of anilines is 2. The Morgan fingerprint density at radius 1 is 0.900 bits per heavy atom. The average Bonchev–Trinajstić information content (AvgIpc) is 2.48. The first-order valence-electron chi connectivity index (χ1n) is 6.60. The van der Waals surface area contributed by atoms with Gasteiger partial charge < -0.3 is 9.80 Å². The third-order valence-electron chi connectivity index (χ3n) is 3.50. The maximum absolute atomic E-state index is 13.7. The van der Waals surface area contributed by atoms with Crippen LogP contribution in [-0.2, 0) is 0 Å². The van der Waals surface area contributed by atoms with Crippen molar-refractivity contribution in [2.45, 2.75) is 0 Å². The lowest BCUT2D eigenvalue weighted by Gasteiger charge is -2.36. The number of pyridine rings is 1. The van der Waals surface area contributed by atoms with E-state index in [1.54, 1.807) is 6.20 Å². The molecule has 0 radical (unpaired) electrons. The molecule has 0 spiro atoms. The molecule has 3 nitrogen and oxygen atoms in total. The summed E-state index contributed by atoms with van der Waals surface area (Å²) in [4.78, 5) is 8.42. The number of hydrogen-bond donors (Lipinski definition) is 0. The first-order valence-corrected chi connectivity index (χ1v) is 6.60. The molecule has 1 saturated heterocycles. The highest BCUT2D eigenvalue weighted by molar-refractivity contribution is 5.50. The van der Waals surface area contributed by atoms with Crippen molar-refractivity contribution in [2.75, 3.05) is 36.0 Å². The van der Waals surface area contributed by atoms with Gasteiger partial charge in [0.2, 0.25) is 0 Å². The fourth-order valence-corrected chi connectivity index (χ4v) is 2.45. The zero-order valence-corrected chi connectivity index (χ0v) is 11.0. The highest BCUT2D eigenvalue weighted by Gasteiger charge is 2.20. The Balaban J connectivity index is 1.69. The van der Waals surface area contributed by atoms with Gasteiger partial charge in [0, 0.05) is 38.4 Å². The summed E-state index contributed by atoms with van der Waals surface area (Å²) in [5.41, 5.74) is 0.465. The molecule has 0 amide bonds. The smallest absolute Gasteiger partial charge is 0.149 e. The van der Waals surface area contributed by atoms with Gasteiger partial charge in [0.15, 0.2) is 0 Å². The van der Waals surface area contributed by atoms with Crippen LogP contribution >= 0.6 is 0 Å². The van der Waals surface area contributed by atoms with Crippen LogP contribution in [0.5, 0.6) is 0 Å².